The number of carbonyl (C=O) groups is 2. The van der Waals surface area contributed by atoms with Crippen LogP contribution in [0.15, 0.2) is 59.1 Å². The number of carbonyl (C=O) groups excluding carboxylic acids is 2. The molecule has 1 N–H and O–H groups in total. The number of amides is 1. The van der Waals surface area contributed by atoms with Crippen molar-refractivity contribution >= 4 is 17.7 Å². The Labute approximate surface area is 152 Å². The zero-order chi connectivity index (χ0) is 19.4. The van der Waals surface area contributed by atoms with E-state index in [9.17, 15) is 18.4 Å². The summed E-state index contributed by atoms with van der Waals surface area (Å²) in [5.41, 5.74) is -0.552. The molecule has 0 saturated carbocycles. The molecule has 0 unspecified atom stereocenters. The quantitative estimate of drug-likeness (QED) is 0.689. The summed E-state index contributed by atoms with van der Waals surface area (Å²) in [5, 5.41) is 6.07. The number of halogens is 2. The fourth-order valence-electron chi connectivity index (χ4n) is 2.38. The molecular weight excluding hydrogens is 358 g/mol. The van der Waals surface area contributed by atoms with E-state index in [0.717, 1.165) is 18.2 Å². The minimum absolute atomic E-state index is 0.117. The number of aryl methyl sites for hydroxylation is 1. The Morgan fingerprint density at radius 3 is 2.33 bits per heavy atom. The average molecular weight is 372 g/mol. The maximum Gasteiger partial charge on any atom is 0.345 e. The molecule has 0 aliphatic heterocycles. The van der Waals surface area contributed by atoms with Crippen molar-refractivity contribution in [2.24, 2.45) is 0 Å². The first-order valence-electron chi connectivity index (χ1n) is 7.90. The normalized spacial score (nSPS) is 11.7. The molecule has 1 atom stereocenters. The van der Waals surface area contributed by atoms with Crippen LogP contribution in [0.3, 0.4) is 0 Å². The third-order valence-corrected chi connectivity index (χ3v) is 3.61. The van der Waals surface area contributed by atoms with Gasteiger partial charge in [0.2, 0.25) is 6.10 Å². The van der Waals surface area contributed by atoms with Gasteiger partial charge in [0, 0.05) is 11.6 Å². The lowest BCUT2D eigenvalue weighted by atomic mass is 10.1. The number of nitrogens with zero attached hydrogens (tertiary/aromatic N) is 1. The summed E-state index contributed by atoms with van der Waals surface area (Å²) in [6.07, 6.45) is -1.45. The van der Waals surface area contributed by atoms with Gasteiger partial charge in [-0.3, -0.25) is 4.79 Å². The minimum atomic E-state index is -1.45. The Bertz CT molecular complexity index is 953. The van der Waals surface area contributed by atoms with Crippen LogP contribution in [-0.2, 0) is 9.53 Å². The Kier molecular flexibility index (Phi) is 5.25. The molecule has 3 aromatic rings. The fraction of sp³-hybridized carbons (Fsp3) is 0.105. The Hall–Kier alpha value is -3.55. The summed E-state index contributed by atoms with van der Waals surface area (Å²) in [7, 11) is 0. The van der Waals surface area contributed by atoms with Gasteiger partial charge in [-0.05, 0) is 19.1 Å². The second-order valence-electron chi connectivity index (χ2n) is 5.60. The minimum Gasteiger partial charge on any atom is -0.444 e. The van der Waals surface area contributed by atoms with Crippen LogP contribution in [0, 0.1) is 18.6 Å². The highest BCUT2D eigenvalue weighted by atomic mass is 19.1. The molecule has 1 heterocycles. The maximum absolute atomic E-state index is 13.8. The first-order valence-corrected chi connectivity index (χ1v) is 7.90. The molecule has 0 aliphatic carbocycles. The fourth-order valence-corrected chi connectivity index (χ4v) is 2.38. The molecule has 138 valence electrons. The molecule has 0 aliphatic rings. The zero-order valence-corrected chi connectivity index (χ0v) is 14.1. The highest BCUT2D eigenvalue weighted by Crippen LogP contribution is 2.23. The summed E-state index contributed by atoms with van der Waals surface area (Å²) in [6, 6.07) is 12.5. The summed E-state index contributed by atoms with van der Waals surface area (Å²) in [4.78, 5) is 24.9. The summed E-state index contributed by atoms with van der Waals surface area (Å²) >= 11 is 0. The lowest BCUT2D eigenvalue weighted by Crippen LogP contribution is -2.26. The van der Waals surface area contributed by atoms with E-state index in [2.05, 4.69) is 10.5 Å². The van der Waals surface area contributed by atoms with Crippen LogP contribution in [0.1, 0.15) is 27.8 Å². The van der Waals surface area contributed by atoms with Crippen molar-refractivity contribution in [2.45, 2.75) is 13.0 Å². The number of ether oxygens (including phenoxy) is 1. The van der Waals surface area contributed by atoms with Gasteiger partial charge in [-0.25, -0.2) is 13.6 Å². The molecule has 1 aromatic heterocycles. The summed E-state index contributed by atoms with van der Waals surface area (Å²) in [5.74, 6) is -3.64. The van der Waals surface area contributed by atoms with Gasteiger partial charge in [0.15, 0.2) is 5.82 Å². The van der Waals surface area contributed by atoms with Crippen molar-refractivity contribution in [1.82, 2.24) is 5.16 Å². The first-order chi connectivity index (χ1) is 13.0. The average Bonchev–Trinajstić information content (AvgIpc) is 3.05. The van der Waals surface area contributed by atoms with E-state index in [1.165, 1.54) is 6.07 Å². The third kappa shape index (κ3) is 4.17. The van der Waals surface area contributed by atoms with Crippen molar-refractivity contribution in [1.29, 1.82) is 0 Å². The van der Waals surface area contributed by atoms with Crippen LogP contribution >= 0.6 is 0 Å². The second kappa shape index (κ2) is 7.77. The topological polar surface area (TPSA) is 81.4 Å². The zero-order valence-electron chi connectivity index (χ0n) is 14.1. The van der Waals surface area contributed by atoms with E-state index in [4.69, 9.17) is 9.26 Å². The number of rotatable bonds is 5. The van der Waals surface area contributed by atoms with Crippen LogP contribution < -0.4 is 5.32 Å². The van der Waals surface area contributed by atoms with Gasteiger partial charge in [-0.1, -0.05) is 41.6 Å². The molecular formula is C19H14F2N2O4. The van der Waals surface area contributed by atoms with E-state index in [0.29, 0.717) is 11.3 Å². The number of esters is 1. The van der Waals surface area contributed by atoms with Gasteiger partial charge < -0.3 is 14.6 Å². The van der Waals surface area contributed by atoms with Crippen molar-refractivity contribution in [3.63, 3.8) is 0 Å². The monoisotopic (exact) mass is 372 g/mol. The van der Waals surface area contributed by atoms with Crippen LogP contribution in [-0.4, -0.2) is 17.0 Å². The highest BCUT2D eigenvalue weighted by Gasteiger charge is 2.29. The smallest absolute Gasteiger partial charge is 0.345 e. The van der Waals surface area contributed by atoms with E-state index >= 15 is 0 Å². The Morgan fingerprint density at radius 1 is 1.07 bits per heavy atom. The number of aromatic nitrogens is 1. The van der Waals surface area contributed by atoms with Crippen molar-refractivity contribution in [2.75, 3.05) is 5.32 Å². The molecule has 0 spiro atoms. The summed E-state index contributed by atoms with van der Waals surface area (Å²) in [6.45, 7) is 1.64. The first kappa shape index (κ1) is 18.2. The van der Waals surface area contributed by atoms with Gasteiger partial charge >= 0.3 is 5.97 Å². The lowest BCUT2D eigenvalue weighted by Gasteiger charge is -2.17. The van der Waals surface area contributed by atoms with Gasteiger partial charge in [0.05, 0.1) is 0 Å². The van der Waals surface area contributed by atoms with Crippen molar-refractivity contribution < 1.29 is 27.6 Å². The van der Waals surface area contributed by atoms with E-state index < -0.39 is 35.2 Å². The number of hydrogen-bond acceptors (Lipinski definition) is 5. The molecule has 0 fully saturated rings. The van der Waals surface area contributed by atoms with E-state index in [1.54, 1.807) is 37.3 Å². The van der Waals surface area contributed by atoms with Crippen molar-refractivity contribution in [3.05, 3.63) is 83.1 Å². The number of anilines is 1. The van der Waals surface area contributed by atoms with Gasteiger partial charge in [-0.2, -0.15) is 0 Å². The van der Waals surface area contributed by atoms with Crippen LogP contribution in [0.4, 0.5) is 14.6 Å². The molecule has 6 nitrogen and oxygen atoms in total. The standard InChI is InChI=1S/C19H14F2N2O4/c1-11-10-15(23-27-11)22-18(24)17(12-6-3-2-4-7-12)26-19(25)16-13(20)8-5-9-14(16)21/h2-10,17H,1H3,(H,22,23,24)/t17-/m0/s1. The largest absolute Gasteiger partial charge is 0.444 e. The Morgan fingerprint density at radius 2 is 1.74 bits per heavy atom. The molecule has 8 heteroatoms. The Balaban J connectivity index is 1.88. The van der Waals surface area contributed by atoms with E-state index in [1.807, 2.05) is 0 Å². The SMILES string of the molecule is Cc1cc(NC(=O)[C@@H](OC(=O)c2c(F)cccc2F)c2ccccc2)no1. The van der Waals surface area contributed by atoms with Gasteiger partial charge in [0.1, 0.15) is 23.0 Å². The van der Waals surface area contributed by atoms with Crippen molar-refractivity contribution in [3.8, 4) is 0 Å². The van der Waals surface area contributed by atoms with Gasteiger partial charge in [-0.15, -0.1) is 0 Å². The van der Waals surface area contributed by atoms with Crippen LogP contribution in [0.2, 0.25) is 0 Å². The number of nitrogens with one attached hydrogen (secondary N) is 1. The maximum atomic E-state index is 13.8. The molecule has 3 rings (SSSR count). The lowest BCUT2D eigenvalue weighted by molar-refractivity contribution is -0.125. The predicted molar refractivity (Wildman–Crippen MR) is 90.8 cm³/mol. The third-order valence-electron chi connectivity index (χ3n) is 3.61. The van der Waals surface area contributed by atoms with E-state index in [-0.39, 0.29) is 5.82 Å². The highest BCUT2D eigenvalue weighted by molar-refractivity contribution is 5.97. The molecule has 2 aromatic carbocycles. The predicted octanol–water partition coefficient (Wildman–Crippen LogP) is 3.80. The molecule has 0 bridgehead atoms. The van der Waals surface area contributed by atoms with Crippen LogP contribution in [0.5, 0.6) is 0 Å². The number of benzene rings is 2. The number of hydrogen-bond donors (Lipinski definition) is 1. The summed E-state index contributed by atoms with van der Waals surface area (Å²) < 4.78 is 37.7. The van der Waals surface area contributed by atoms with Gasteiger partial charge in [0.25, 0.3) is 5.91 Å². The molecule has 0 radical (unpaired) electrons. The molecule has 1 amide bonds. The van der Waals surface area contributed by atoms with Crippen LogP contribution in [0.25, 0.3) is 0 Å². The molecule has 0 saturated heterocycles. The molecule has 27 heavy (non-hydrogen) atoms. The second-order valence-corrected chi connectivity index (χ2v) is 5.60.